The Kier molecular flexibility index (Phi) is 8.92. The number of rotatable bonds is 10. The van der Waals surface area contributed by atoms with Crippen molar-refractivity contribution in [2.45, 2.75) is 26.5 Å². The Hall–Kier alpha value is -2.80. The number of amides is 1. The number of nitrogens with zero attached hydrogens (tertiary/aromatic N) is 1. The summed E-state index contributed by atoms with van der Waals surface area (Å²) in [6.07, 6.45) is 2.51. The molecule has 0 fully saturated rings. The van der Waals surface area contributed by atoms with Crippen LogP contribution >= 0.6 is 0 Å². The van der Waals surface area contributed by atoms with Crippen molar-refractivity contribution in [1.82, 2.24) is 16.0 Å². The highest BCUT2D eigenvalue weighted by Crippen LogP contribution is 2.04. The van der Waals surface area contributed by atoms with Crippen LogP contribution in [0.5, 0.6) is 0 Å². The average Bonchev–Trinajstić information content (AvgIpc) is 3.21. The number of nitrogens with one attached hydrogen (secondary N) is 3. The predicted octanol–water partition coefficient (Wildman–Crippen LogP) is 2.30. The molecular weight excluding hydrogens is 344 g/mol. The van der Waals surface area contributed by atoms with Gasteiger partial charge in [-0.25, -0.2) is 0 Å². The van der Waals surface area contributed by atoms with Crippen molar-refractivity contribution in [1.29, 1.82) is 0 Å². The molecule has 0 aliphatic rings. The zero-order valence-electron chi connectivity index (χ0n) is 16.0. The third-order valence-corrected chi connectivity index (χ3v) is 3.82. The molecule has 3 N–H and O–H groups in total. The largest absolute Gasteiger partial charge is 0.467 e. The summed E-state index contributed by atoms with van der Waals surface area (Å²) >= 11 is 0. The van der Waals surface area contributed by atoms with Gasteiger partial charge in [0.15, 0.2) is 5.96 Å². The first-order valence-corrected chi connectivity index (χ1v) is 9.14. The van der Waals surface area contributed by atoms with Crippen LogP contribution in [0.25, 0.3) is 0 Å². The van der Waals surface area contributed by atoms with Crippen LogP contribution in [0.15, 0.2) is 52.1 Å². The van der Waals surface area contributed by atoms with Gasteiger partial charge in [-0.3, -0.25) is 9.79 Å². The van der Waals surface area contributed by atoms with Gasteiger partial charge in [0, 0.05) is 38.9 Å². The van der Waals surface area contributed by atoms with Crippen molar-refractivity contribution in [2.24, 2.45) is 4.99 Å². The van der Waals surface area contributed by atoms with Crippen molar-refractivity contribution in [3.05, 3.63) is 59.5 Å². The molecule has 1 amide bonds. The van der Waals surface area contributed by atoms with Crippen LogP contribution in [0.1, 0.15) is 35.0 Å². The molecular formula is C20H28N4O3. The first-order valence-electron chi connectivity index (χ1n) is 9.14. The van der Waals surface area contributed by atoms with Gasteiger partial charge in [0.2, 0.25) is 0 Å². The molecule has 2 rings (SSSR count). The van der Waals surface area contributed by atoms with E-state index in [0.29, 0.717) is 31.9 Å². The summed E-state index contributed by atoms with van der Waals surface area (Å²) in [4.78, 5) is 16.0. The van der Waals surface area contributed by atoms with E-state index >= 15 is 0 Å². The second kappa shape index (κ2) is 11.7. The maximum absolute atomic E-state index is 11.8. The van der Waals surface area contributed by atoms with E-state index < -0.39 is 0 Å². The molecule has 0 atom stereocenters. The molecule has 1 aromatic heterocycles. The van der Waals surface area contributed by atoms with Gasteiger partial charge >= 0.3 is 0 Å². The monoisotopic (exact) mass is 372 g/mol. The van der Waals surface area contributed by atoms with Crippen LogP contribution in [0.2, 0.25) is 0 Å². The van der Waals surface area contributed by atoms with Gasteiger partial charge in [0.1, 0.15) is 12.4 Å². The maximum atomic E-state index is 11.8. The Balaban J connectivity index is 1.62. The van der Waals surface area contributed by atoms with E-state index in [1.54, 1.807) is 13.3 Å². The van der Waals surface area contributed by atoms with Crippen molar-refractivity contribution < 1.29 is 13.9 Å². The van der Waals surface area contributed by atoms with E-state index in [9.17, 15) is 4.79 Å². The minimum Gasteiger partial charge on any atom is -0.467 e. The summed E-state index contributed by atoms with van der Waals surface area (Å²) in [6.45, 7) is 5.05. The molecule has 1 aromatic carbocycles. The van der Waals surface area contributed by atoms with Gasteiger partial charge in [0.05, 0.1) is 6.26 Å². The second-order valence-electron chi connectivity index (χ2n) is 5.89. The van der Waals surface area contributed by atoms with E-state index in [2.05, 4.69) is 20.9 Å². The molecule has 0 radical (unpaired) electrons. The van der Waals surface area contributed by atoms with Crippen LogP contribution in [0.3, 0.4) is 0 Å². The molecule has 146 valence electrons. The number of hydrogen-bond donors (Lipinski definition) is 3. The third-order valence-electron chi connectivity index (χ3n) is 3.82. The highest BCUT2D eigenvalue weighted by atomic mass is 16.5. The lowest BCUT2D eigenvalue weighted by molar-refractivity contribution is 0.0956. The van der Waals surface area contributed by atoms with Crippen molar-refractivity contribution in [2.75, 3.05) is 26.7 Å². The number of carbonyl (C=O) groups is 1. The Labute approximate surface area is 160 Å². The predicted molar refractivity (Wildman–Crippen MR) is 106 cm³/mol. The summed E-state index contributed by atoms with van der Waals surface area (Å²) in [5.41, 5.74) is 1.74. The summed E-state index contributed by atoms with van der Waals surface area (Å²) in [5.74, 6) is 1.51. The third kappa shape index (κ3) is 7.53. The van der Waals surface area contributed by atoms with E-state index in [-0.39, 0.29) is 5.91 Å². The first kappa shape index (κ1) is 20.5. The zero-order chi connectivity index (χ0) is 19.3. The van der Waals surface area contributed by atoms with Gasteiger partial charge in [-0.05, 0) is 43.2 Å². The molecule has 0 bridgehead atoms. The smallest absolute Gasteiger partial charge is 0.251 e. The lowest BCUT2D eigenvalue weighted by atomic mass is 10.1. The molecule has 7 heteroatoms. The normalized spacial score (nSPS) is 11.3. The number of hydrogen-bond acceptors (Lipinski definition) is 4. The van der Waals surface area contributed by atoms with Gasteiger partial charge in [-0.2, -0.15) is 0 Å². The van der Waals surface area contributed by atoms with Crippen LogP contribution in [0.4, 0.5) is 0 Å². The summed E-state index contributed by atoms with van der Waals surface area (Å²) in [5, 5.41) is 9.29. The fourth-order valence-corrected chi connectivity index (χ4v) is 2.39. The second-order valence-corrected chi connectivity index (χ2v) is 5.89. The average molecular weight is 372 g/mol. The number of carbonyl (C=O) groups excluding carboxylic acids is 1. The molecule has 7 nitrogen and oxygen atoms in total. The zero-order valence-corrected chi connectivity index (χ0v) is 16.0. The molecule has 0 spiro atoms. The number of ether oxygens (including phenoxy) is 1. The highest BCUT2D eigenvalue weighted by Gasteiger charge is 2.04. The molecule has 0 aliphatic heterocycles. The molecule has 0 saturated carbocycles. The van der Waals surface area contributed by atoms with E-state index in [1.807, 2.05) is 43.3 Å². The molecule has 0 unspecified atom stereocenters. The van der Waals surface area contributed by atoms with Crippen molar-refractivity contribution in [3.8, 4) is 0 Å². The number of benzene rings is 1. The van der Waals surface area contributed by atoms with Gasteiger partial charge in [-0.1, -0.05) is 12.1 Å². The summed E-state index contributed by atoms with van der Waals surface area (Å²) < 4.78 is 10.8. The Morgan fingerprint density at radius 1 is 1.15 bits per heavy atom. The molecule has 2 aromatic rings. The topological polar surface area (TPSA) is 87.9 Å². The number of furan rings is 1. The SMILES string of the molecule is CCNC(=O)c1ccc(CNC(=NC)NCCCOCc2ccco2)cc1. The van der Waals surface area contributed by atoms with Crippen LogP contribution in [0, 0.1) is 0 Å². The minimum absolute atomic E-state index is 0.0521. The van der Waals surface area contributed by atoms with Gasteiger partial charge < -0.3 is 25.1 Å². The van der Waals surface area contributed by atoms with E-state index in [0.717, 1.165) is 30.2 Å². The Morgan fingerprint density at radius 3 is 2.63 bits per heavy atom. The molecule has 0 saturated heterocycles. The highest BCUT2D eigenvalue weighted by molar-refractivity contribution is 5.94. The maximum Gasteiger partial charge on any atom is 0.251 e. The van der Waals surface area contributed by atoms with Crippen molar-refractivity contribution >= 4 is 11.9 Å². The summed E-state index contributed by atoms with van der Waals surface area (Å²) in [6, 6.07) is 11.3. The number of guanidine groups is 1. The van der Waals surface area contributed by atoms with Gasteiger partial charge in [0.25, 0.3) is 5.91 Å². The Morgan fingerprint density at radius 2 is 1.96 bits per heavy atom. The van der Waals surface area contributed by atoms with Crippen LogP contribution < -0.4 is 16.0 Å². The van der Waals surface area contributed by atoms with Gasteiger partial charge in [-0.15, -0.1) is 0 Å². The molecule has 27 heavy (non-hydrogen) atoms. The van der Waals surface area contributed by atoms with E-state index in [4.69, 9.17) is 9.15 Å². The lowest BCUT2D eigenvalue weighted by Gasteiger charge is -2.12. The minimum atomic E-state index is -0.0521. The summed E-state index contributed by atoms with van der Waals surface area (Å²) in [7, 11) is 1.74. The molecule has 1 heterocycles. The quantitative estimate of drug-likeness (QED) is 0.338. The Bertz CT molecular complexity index is 697. The van der Waals surface area contributed by atoms with Crippen LogP contribution in [-0.4, -0.2) is 38.6 Å². The molecule has 0 aliphatic carbocycles. The fraction of sp³-hybridized carbons (Fsp3) is 0.400. The van der Waals surface area contributed by atoms with Crippen molar-refractivity contribution in [3.63, 3.8) is 0 Å². The van der Waals surface area contributed by atoms with Crippen LogP contribution in [-0.2, 0) is 17.9 Å². The van der Waals surface area contributed by atoms with E-state index in [1.165, 1.54) is 0 Å². The lowest BCUT2D eigenvalue weighted by Crippen LogP contribution is -2.37. The first-order chi connectivity index (χ1) is 13.2. The standard InChI is InChI=1S/C20H28N4O3/c1-3-22-19(25)17-9-7-16(8-10-17)14-24-20(21-2)23-11-5-12-26-15-18-6-4-13-27-18/h4,6-10,13H,3,5,11-12,14-15H2,1-2H3,(H,22,25)(H2,21,23,24). The number of aliphatic imine (C=N–C) groups is 1. The fourth-order valence-electron chi connectivity index (χ4n) is 2.39.